The molecule has 0 unspecified atom stereocenters. The molecule has 3 heteroatoms. The average molecular weight is 297 g/mol. The van der Waals surface area contributed by atoms with Crippen molar-refractivity contribution in [1.29, 1.82) is 0 Å². The molecule has 0 aliphatic carbocycles. The Bertz CT molecular complexity index is 605. The van der Waals surface area contributed by atoms with Crippen molar-refractivity contribution < 1.29 is 9.47 Å². The summed E-state index contributed by atoms with van der Waals surface area (Å²) in [7, 11) is 1.68. The third kappa shape index (κ3) is 5.26. The van der Waals surface area contributed by atoms with Gasteiger partial charge < -0.3 is 14.8 Å². The Balaban J connectivity index is 1.83. The molecule has 0 amide bonds. The van der Waals surface area contributed by atoms with Gasteiger partial charge in [-0.05, 0) is 47.9 Å². The lowest BCUT2D eigenvalue weighted by molar-refractivity contribution is 0.352. The summed E-state index contributed by atoms with van der Waals surface area (Å²) in [5.41, 5.74) is 3.45. The zero-order chi connectivity index (χ0) is 15.8. The molecular weight excluding hydrogens is 274 g/mol. The summed E-state index contributed by atoms with van der Waals surface area (Å²) in [5.74, 6) is 1.76. The Morgan fingerprint density at radius 1 is 1.00 bits per heavy atom. The lowest BCUT2D eigenvalue weighted by atomic mass is 10.2. The highest BCUT2D eigenvalue weighted by Gasteiger charge is 1.99. The SMILES string of the molecule is C=C(C)COc1cccc(CNCc2ccc(OC)cc2)c1. The summed E-state index contributed by atoms with van der Waals surface area (Å²) >= 11 is 0. The maximum Gasteiger partial charge on any atom is 0.120 e. The molecule has 116 valence electrons. The first-order valence-corrected chi connectivity index (χ1v) is 7.37. The normalized spacial score (nSPS) is 10.3. The van der Waals surface area contributed by atoms with Crippen LogP contribution in [0, 0.1) is 0 Å². The molecule has 2 aromatic rings. The number of hydrogen-bond acceptors (Lipinski definition) is 3. The summed E-state index contributed by atoms with van der Waals surface area (Å²) in [6.45, 7) is 7.98. The second-order valence-electron chi connectivity index (χ2n) is 5.34. The molecule has 0 aliphatic rings. The van der Waals surface area contributed by atoms with E-state index < -0.39 is 0 Å². The summed E-state index contributed by atoms with van der Waals surface area (Å²) in [4.78, 5) is 0. The van der Waals surface area contributed by atoms with Gasteiger partial charge in [-0.1, -0.05) is 30.8 Å². The van der Waals surface area contributed by atoms with Crippen molar-refractivity contribution in [1.82, 2.24) is 5.32 Å². The summed E-state index contributed by atoms with van der Waals surface area (Å²) in [6.07, 6.45) is 0. The number of rotatable bonds is 8. The molecule has 0 atom stereocenters. The summed E-state index contributed by atoms with van der Waals surface area (Å²) in [5, 5.41) is 3.43. The topological polar surface area (TPSA) is 30.5 Å². The van der Waals surface area contributed by atoms with E-state index in [4.69, 9.17) is 9.47 Å². The first-order chi connectivity index (χ1) is 10.7. The predicted molar refractivity (Wildman–Crippen MR) is 90.3 cm³/mol. The van der Waals surface area contributed by atoms with Gasteiger partial charge in [-0.2, -0.15) is 0 Å². The smallest absolute Gasteiger partial charge is 0.120 e. The van der Waals surface area contributed by atoms with Gasteiger partial charge in [0.15, 0.2) is 0 Å². The largest absolute Gasteiger partial charge is 0.497 e. The zero-order valence-corrected chi connectivity index (χ0v) is 13.3. The monoisotopic (exact) mass is 297 g/mol. The van der Waals surface area contributed by atoms with Gasteiger partial charge in [0.25, 0.3) is 0 Å². The maximum absolute atomic E-state index is 5.66. The first-order valence-electron chi connectivity index (χ1n) is 7.37. The molecule has 0 radical (unpaired) electrons. The standard InChI is InChI=1S/C19H23NO2/c1-15(2)14-22-19-6-4-5-17(11-19)13-20-12-16-7-9-18(21-3)10-8-16/h4-11,20H,1,12-14H2,2-3H3. The van der Waals surface area contributed by atoms with E-state index in [-0.39, 0.29) is 0 Å². The van der Waals surface area contributed by atoms with E-state index in [0.717, 1.165) is 30.2 Å². The third-order valence-corrected chi connectivity index (χ3v) is 3.20. The van der Waals surface area contributed by atoms with Crippen LogP contribution in [0.5, 0.6) is 11.5 Å². The highest BCUT2D eigenvalue weighted by atomic mass is 16.5. The molecule has 0 spiro atoms. The van der Waals surface area contributed by atoms with E-state index in [1.54, 1.807) is 7.11 Å². The first kappa shape index (κ1) is 16.1. The molecule has 0 aliphatic heterocycles. The van der Waals surface area contributed by atoms with Gasteiger partial charge in [0.1, 0.15) is 18.1 Å². The molecule has 2 rings (SSSR count). The van der Waals surface area contributed by atoms with Gasteiger partial charge in [0.05, 0.1) is 7.11 Å². The third-order valence-electron chi connectivity index (χ3n) is 3.20. The van der Waals surface area contributed by atoms with Crippen molar-refractivity contribution >= 4 is 0 Å². The van der Waals surface area contributed by atoms with Crippen LogP contribution >= 0.6 is 0 Å². The number of ether oxygens (including phenoxy) is 2. The minimum absolute atomic E-state index is 0.558. The van der Waals surface area contributed by atoms with Crippen LogP contribution in [0.3, 0.4) is 0 Å². The van der Waals surface area contributed by atoms with E-state index in [9.17, 15) is 0 Å². The minimum Gasteiger partial charge on any atom is -0.497 e. The number of benzene rings is 2. The van der Waals surface area contributed by atoms with Crippen molar-refractivity contribution in [3.63, 3.8) is 0 Å². The van der Waals surface area contributed by atoms with E-state index >= 15 is 0 Å². The Kier molecular flexibility index (Phi) is 6.04. The predicted octanol–water partition coefficient (Wildman–Crippen LogP) is 3.94. The van der Waals surface area contributed by atoms with Crippen LogP contribution in [0.25, 0.3) is 0 Å². The van der Waals surface area contributed by atoms with Crippen LogP contribution in [0.15, 0.2) is 60.7 Å². The molecule has 22 heavy (non-hydrogen) atoms. The fourth-order valence-electron chi connectivity index (χ4n) is 2.05. The number of methoxy groups -OCH3 is 1. The van der Waals surface area contributed by atoms with Crippen LogP contribution in [0.4, 0.5) is 0 Å². The number of nitrogens with one attached hydrogen (secondary N) is 1. The molecule has 0 fully saturated rings. The van der Waals surface area contributed by atoms with Gasteiger partial charge in [0.2, 0.25) is 0 Å². The van der Waals surface area contributed by atoms with Gasteiger partial charge in [-0.3, -0.25) is 0 Å². The summed E-state index contributed by atoms with van der Waals surface area (Å²) < 4.78 is 10.8. The van der Waals surface area contributed by atoms with Gasteiger partial charge >= 0.3 is 0 Å². The number of hydrogen-bond donors (Lipinski definition) is 1. The van der Waals surface area contributed by atoms with E-state index in [1.165, 1.54) is 11.1 Å². The Morgan fingerprint density at radius 3 is 2.41 bits per heavy atom. The van der Waals surface area contributed by atoms with Crippen LogP contribution in [0.1, 0.15) is 18.1 Å². The second kappa shape index (κ2) is 8.25. The fourth-order valence-corrected chi connectivity index (χ4v) is 2.05. The van der Waals surface area contributed by atoms with Crippen molar-refractivity contribution in [2.75, 3.05) is 13.7 Å². The van der Waals surface area contributed by atoms with E-state index in [0.29, 0.717) is 6.61 Å². The Morgan fingerprint density at radius 2 is 1.73 bits per heavy atom. The fraction of sp³-hybridized carbons (Fsp3) is 0.263. The van der Waals surface area contributed by atoms with E-state index in [2.05, 4.69) is 36.2 Å². The van der Waals surface area contributed by atoms with Gasteiger partial charge in [0, 0.05) is 13.1 Å². The Labute approximate surface area is 132 Å². The molecule has 3 nitrogen and oxygen atoms in total. The average Bonchev–Trinajstić information content (AvgIpc) is 2.54. The van der Waals surface area contributed by atoms with Crippen LogP contribution in [-0.4, -0.2) is 13.7 Å². The second-order valence-corrected chi connectivity index (χ2v) is 5.34. The van der Waals surface area contributed by atoms with Gasteiger partial charge in [-0.15, -0.1) is 0 Å². The zero-order valence-electron chi connectivity index (χ0n) is 13.3. The van der Waals surface area contributed by atoms with Crippen LogP contribution < -0.4 is 14.8 Å². The lowest BCUT2D eigenvalue weighted by Gasteiger charge is -2.09. The molecule has 0 saturated heterocycles. The minimum atomic E-state index is 0.558. The molecule has 2 aromatic carbocycles. The van der Waals surface area contributed by atoms with Crippen molar-refractivity contribution in [2.45, 2.75) is 20.0 Å². The van der Waals surface area contributed by atoms with Crippen LogP contribution in [-0.2, 0) is 13.1 Å². The highest BCUT2D eigenvalue weighted by molar-refractivity contribution is 5.29. The van der Waals surface area contributed by atoms with Crippen molar-refractivity contribution in [2.24, 2.45) is 0 Å². The van der Waals surface area contributed by atoms with Crippen molar-refractivity contribution in [3.8, 4) is 11.5 Å². The van der Waals surface area contributed by atoms with Crippen molar-refractivity contribution in [3.05, 3.63) is 71.8 Å². The molecule has 0 bridgehead atoms. The molecule has 0 aromatic heterocycles. The summed E-state index contributed by atoms with van der Waals surface area (Å²) in [6, 6.07) is 16.2. The Hall–Kier alpha value is -2.26. The molecular formula is C19H23NO2. The van der Waals surface area contributed by atoms with Crippen LogP contribution in [0.2, 0.25) is 0 Å². The molecule has 0 saturated carbocycles. The highest BCUT2D eigenvalue weighted by Crippen LogP contribution is 2.15. The lowest BCUT2D eigenvalue weighted by Crippen LogP contribution is -2.12. The van der Waals surface area contributed by atoms with Gasteiger partial charge in [-0.25, -0.2) is 0 Å². The maximum atomic E-state index is 5.66. The molecule has 0 heterocycles. The van der Waals surface area contributed by atoms with E-state index in [1.807, 2.05) is 31.2 Å². The molecule has 1 N–H and O–H groups in total. The quantitative estimate of drug-likeness (QED) is 0.749.